The van der Waals surface area contributed by atoms with Crippen molar-refractivity contribution in [3.8, 4) is 0 Å². The predicted octanol–water partition coefficient (Wildman–Crippen LogP) is 0.0909. The van der Waals surface area contributed by atoms with Crippen molar-refractivity contribution >= 4 is 0 Å². The molecule has 2 nitrogen and oxygen atoms in total. The molecule has 9 heavy (non-hydrogen) atoms. The minimum Gasteiger partial charge on any atom is -0.368 e. The van der Waals surface area contributed by atoms with Gasteiger partial charge in [-0.15, -0.1) is 0 Å². The van der Waals surface area contributed by atoms with Crippen molar-refractivity contribution in [2.45, 2.75) is 12.0 Å². The van der Waals surface area contributed by atoms with Crippen molar-refractivity contribution < 1.29 is 4.74 Å². The van der Waals surface area contributed by atoms with Crippen molar-refractivity contribution in [1.82, 2.24) is 4.90 Å². The second kappa shape index (κ2) is 1.18. The van der Waals surface area contributed by atoms with Gasteiger partial charge in [-0.25, -0.2) is 0 Å². The molecule has 0 saturated carbocycles. The molecule has 1 unspecified atom stereocenters. The van der Waals surface area contributed by atoms with E-state index in [-0.39, 0.29) is 0 Å². The van der Waals surface area contributed by atoms with E-state index >= 15 is 0 Å². The minimum absolute atomic E-state index is 0.387. The molecule has 0 aromatic heterocycles. The van der Waals surface area contributed by atoms with Gasteiger partial charge < -0.3 is 4.74 Å². The maximum Gasteiger partial charge on any atom is 0.108 e. The average Bonchev–Trinajstić information content (AvgIpc) is 2.40. The Morgan fingerprint density at radius 1 is 1.56 bits per heavy atom. The van der Waals surface area contributed by atoms with Crippen LogP contribution in [0.25, 0.3) is 0 Å². The van der Waals surface area contributed by atoms with Gasteiger partial charge in [0.25, 0.3) is 0 Å². The van der Waals surface area contributed by atoms with Crippen LogP contribution in [-0.4, -0.2) is 36.7 Å². The fourth-order valence-electron chi connectivity index (χ4n) is 2.33. The lowest BCUT2D eigenvalue weighted by Crippen LogP contribution is -2.30. The molecule has 1 spiro atoms. The summed E-state index contributed by atoms with van der Waals surface area (Å²) in [5.74, 6) is 0.900. The number of hydrogen-bond donors (Lipinski definition) is 0. The fourth-order valence-corrected chi connectivity index (χ4v) is 2.33. The molecule has 2 heteroatoms. The first-order valence-electron chi connectivity index (χ1n) is 3.75. The lowest BCUT2D eigenvalue weighted by atomic mass is 9.93. The number of nitrogens with zero attached hydrogens (tertiary/aromatic N) is 1. The Balaban J connectivity index is 1.96. The van der Waals surface area contributed by atoms with Crippen LogP contribution in [0.1, 0.15) is 6.42 Å². The van der Waals surface area contributed by atoms with Crippen LogP contribution in [-0.2, 0) is 4.74 Å². The van der Waals surface area contributed by atoms with Crippen molar-refractivity contribution in [1.29, 1.82) is 0 Å². The van der Waals surface area contributed by atoms with Crippen molar-refractivity contribution in [3.63, 3.8) is 0 Å². The zero-order valence-corrected chi connectivity index (χ0v) is 5.47. The third-order valence-electron chi connectivity index (χ3n) is 3.02. The maximum absolute atomic E-state index is 5.45. The summed E-state index contributed by atoms with van der Waals surface area (Å²) in [5, 5.41) is 0. The van der Waals surface area contributed by atoms with Gasteiger partial charge in [0.15, 0.2) is 0 Å². The molecule has 3 aliphatic heterocycles. The molecule has 3 rings (SSSR count). The summed E-state index contributed by atoms with van der Waals surface area (Å²) in [6, 6.07) is 0. The zero-order chi connectivity index (χ0) is 5.90. The lowest BCUT2D eigenvalue weighted by molar-refractivity contribution is 0.215. The van der Waals surface area contributed by atoms with Crippen LogP contribution in [0.4, 0.5) is 0 Å². The van der Waals surface area contributed by atoms with E-state index in [2.05, 4.69) is 4.90 Å². The molecule has 0 radical (unpaired) electrons. The number of piperidine rings is 1. The molecule has 0 aromatic carbocycles. The Kier molecular flexibility index (Phi) is 0.616. The molecule has 3 heterocycles. The summed E-state index contributed by atoms with van der Waals surface area (Å²) in [4.78, 5) is 2.53. The highest BCUT2D eigenvalue weighted by Gasteiger charge is 2.59. The molecule has 3 fully saturated rings. The average molecular weight is 125 g/mol. The first-order chi connectivity index (χ1) is 4.39. The van der Waals surface area contributed by atoms with Gasteiger partial charge in [-0.1, -0.05) is 0 Å². The van der Waals surface area contributed by atoms with E-state index in [4.69, 9.17) is 4.74 Å². The Bertz CT molecular complexity index is 153. The van der Waals surface area contributed by atoms with E-state index < -0.39 is 0 Å². The van der Waals surface area contributed by atoms with E-state index in [9.17, 15) is 0 Å². The van der Waals surface area contributed by atoms with Gasteiger partial charge in [0.1, 0.15) is 5.60 Å². The summed E-state index contributed by atoms with van der Waals surface area (Å²) in [5.41, 5.74) is 0.387. The summed E-state index contributed by atoms with van der Waals surface area (Å²) in [6.45, 7) is 4.93. The SMILES string of the molecule is C1CN2C[C@H]1[C@@]1(CO1)C2. The fraction of sp³-hybridized carbons (Fsp3) is 1.00. The van der Waals surface area contributed by atoms with Crippen LogP contribution in [0.5, 0.6) is 0 Å². The van der Waals surface area contributed by atoms with Gasteiger partial charge in [0, 0.05) is 19.0 Å². The summed E-state index contributed by atoms with van der Waals surface area (Å²) in [6.07, 6.45) is 1.39. The topological polar surface area (TPSA) is 15.8 Å². The van der Waals surface area contributed by atoms with Crippen molar-refractivity contribution in [2.24, 2.45) is 5.92 Å². The van der Waals surface area contributed by atoms with Crippen LogP contribution in [0.2, 0.25) is 0 Å². The Labute approximate surface area is 54.8 Å². The molecule has 3 saturated heterocycles. The quantitative estimate of drug-likeness (QED) is 0.426. The van der Waals surface area contributed by atoms with Crippen molar-refractivity contribution in [2.75, 3.05) is 26.2 Å². The third kappa shape index (κ3) is 0.447. The zero-order valence-electron chi connectivity index (χ0n) is 5.47. The van der Waals surface area contributed by atoms with Crippen LogP contribution in [0.3, 0.4) is 0 Å². The smallest absolute Gasteiger partial charge is 0.108 e. The molecule has 3 atom stereocenters. The molecular formula is C7H11NO. The van der Waals surface area contributed by atoms with E-state index in [1.807, 2.05) is 0 Å². The van der Waals surface area contributed by atoms with E-state index in [1.54, 1.807) is 0 Å². The number of ether oxygens (including phenoxy) is 1. The monoisotopic (exact) mass is 125 g/mol. The van der Waals surface area contributed by atoms with Gasteiger partial charge in [0.2, 0.25) is 0 Å². The second-order valence-corrected chi connectivity index (χ2v) is 3.57. The molecule has 0 aliphatic carbocycles. The van der Waals surface area contributed by atoms with Gasteiger partial charge in [-0.2, -0.15) is 0 Å². The summed E-state index contributed by atoms with van der Waals surface area (Å²) < 4.78 is 5.45. The Hall–Kier alpha value is -0.0800. The predicted molar refractivity (Wildman–Crippen MR) is 33.2 cm³/mol. The molecule has 2 bridgehead atoms. The number of fused-ring (bicyclic) bond motifs is 3. The summed E-state index contributed by atoms with van der Waals surface area (Å²) >= 11 is 0. The lowest BCUT2D eigenvalue weighted by Gasteiger charge is -2.17. The van der Waals surface area contributed by atoms with Crippen LogP contribution in [0, 0.1) is 5.92 Å². The maximum atomic E-state index is 5.45. The number of rotatable bonds is 0. The minimum atomic E-state index is 0.387. The highest BCUT2D eigenvalue weighted by molar-refractivity contribution is 5.10. The molecule has 50 valence electrons. The van der Waals surface area contributed by atoms with Crippen molar-refractivity contribution in [3.05, 3.63) is 0 Å². The standard InChI is InChI=1S/C7H11NO/c1-2-8-3-6(1)7(4-8)5-9-7/h6H,1-5H2/t6-,7-/m0/s1. The Morgan fingerprint density at radius 3 is 2.78 bits per heavy atom. The highest BCUT2D eigenvalue weighted by atomic mass is 16.6. The van der Waals surface area contributed by atoms with E-state index in [0.29, 0.717) is 5.60 Å². The first-order valence-corrected chi connectivity index (χ1v) is 3.75. The molecular weight excluding hydrogens is 114 g/mol. The number of hydrogen-bond acceptors (Lipinski definition) is 2. The summed E-state index contributed by atoms with van der Waals surface area (Å²) in [7, 11) is 0. The highest BCUT2D eigenvalue weighted by Crippen LogP contribution is 2.46. The normalized spacial score (nSPS) is 61.3. The molecule has 0 amide bonds. The van der Waals surface area contributed by atoms with Gasteiger partial charge >= 0.3 is 0 Å². The largest absolute Gasteiger partial charge is 0.368 e. The Morgan fingerprint density at radius 2 is 2.44 bits per heavy atom. The number of epoxide rings is 1. The van der Waals surface area contributed by atoms with Gasteiger partial charge in [-0.05, 0) is 13.0 Å². The van der Waals surface area contributed by atoms with Gasteiger partial charge in [-0.3, -0.25) is 4.90 Å². The van der Waals surface area contributed by atoms with E-state index in [1.165, 1.54) is 26.1 Å². The van der Waals surface area contributed by atoms with Crippen LogP contribution >= 0.6 is 0 Å². The van der Waals surface area contributed by atoms with Gasteiger partial charge in [0.05, 0.1) is 6.61 Å². The molecule has 0 N–H and O–H groups in total. The van der Waals surface area contributed by atoms with Crippen LogP contribution < -0.4 is 0 Å². The molecule has 0 aromatic rings. The molecule has 3 aliphatic rings. The second-order valence-electron chi connectivity index (χ2n) is 3.57. The van der Waals surface area contributed by atoms with Crippen LogP contribution in [0.15, 0.2) is 0 Å². The third-order valence-corrected chi connectivity index (χ3v) is 3.02. The first kappa shape index (κ1) is 4.69. The van der Waals surface area contributed by atoms with E-state index in [0.717, 1.165) is 12.5 Å².